The van der Waals surface area contributed by atoms with Gasteiger partial charge in [0, 0.05) is 11.9 Å². The standard InChI is InChI=1S/C16H15N5O2S/c1-10-2-4-11(5-3-10)6-17-15(22)12-7-19-21-14(12)20-16(23)13-8-24-9-18-13/h2-5,7-9H,6H2,1H3,(H,17,22)(H2,19,20,21,23). The van der Waals surface area contributed by atoms with Gasteiger partial charge in [0.15, 0.2) is 0 Å². The van der Waals surface area contributed by atoms with Crippen LogP contribution in [0.4, 0.5) is 5.82 Å². The predicted molar refractivity (Wildman–Crippen MR) is 91.0 cm³/mol. The van der Waals surface area contributed by atoms with E-state index >= 15 is 0 Å². The lowest BCUT2D eigenvalue weighted by atomic mass is 10.1. The first-order valence-electron chi connectivity index (χ1n) is 7.20. The van der Waals surface area contributed by atoms with Crippen molar-refractivity contribution in [3.05, 3.63) is 63.7 Å². The molecule has 0 radical (unpaired) electrons. The van der Waals surface area contributed by atoms with Crippen LogP contribution in [-0.4, -0.2) is 27.0 Å². The minimum Gasteiger partial charge on any atom is -0.348 e. The van der Waals surface area contributed by atoms with Crippen molar-refractivity contribution in [2.75, 3.05) is 5.32 Å². The highest BCUT2D eigenvalue weighted by Crippen LogP contribution is 2.13. The maximum atomic E-state index is 12.3. The van der Waals surface area contributed by atoms with Crippen molar-refractivity contribution < 1.29 is 9.59 Å². The second kappa shape index (κ2) is 7.05. The maximum Gasteiger partial charge on any atom is 0.276 e. The lowest BCUT2D eigenvalue weighted by Gasteiger charge is -2.07. The van der Waals surface area contributed by atoms with E-state index in [9.17, 15) is 9.59 Å². The molecular formula is C16H15N5O2S. The number of rotatable bonds is 5. The Kier molecular flexibility index (Phi) is 4.66. The number of hydrogen-bond donors (Lipinski definition) is 3. The summed E-state index contributed by atoms with van der Waals surface area (Å²) in [5.41, 5.74) is 4.28. The van der Waals surface area contributed by atoms with Gasteiger partial charge in [0.25, 0.3) is 11.8 Å². The molecule has 8 heteroatoms. The molecule has 2 amide bonds. The molecule has 3 aromatic rings. The molecule has 2 aromatic heterocycles. The fourth-order valence-electron chi connectivity index (χ4n) is 2.04. The zero-order chi connectivity index (χ0) is 16.9. The molecule has 0 unspecified atom stereocenters. The highest BCUT2D eigenvalue weighted by molar-refractivity contribution is 7.07. The number of carbonyl (C=O) groups excluding carboxylic acids is 2. The monoisotopic (exact) mass is 341 g/mol. The fourth-order valence-corrected chi connectivity index (χ4v) is 2.57. The number of nitrogens with one attached hydrogen (secondary N) is 3. The Morgan fingerprint density at radius 2 is 2.00 bits per heavy atom. The molecule has 7 nitrogen and oxygen atoms in total. The lowest BCUT2D eigenvalue weighted by Crippen LogP contribution is -2.24. The van der Waals surface area contributed by atoms with Crippen LogP contribution in [0, 0.1) is 6.92 Å². The molecular weight excluding hydrogens is 326 g/mol. The van der Waals surface area contributed by atoms with Gasteiger partial charge in [0.2, 0.25) is 0 Å². The number of amides is 2. The summed E-state index contributed by atoms with van der Waals surface area (Å²) < 4.78 is 0. The van der Waals surface area contributed by atoms with Crippen LogP contribution in [0.2, 0.25) is 0 Å². The molecule has 1 aromatic carbocycles. The number of anilines is 1. The van der Waals surface area contributed by atoms with E-state index in [0.29, 0.717) is 12.2 Å². The van der Waals surface area contributed by atoms with Crippen molar-refractivity contribution in [1.29, 1.82) is 0 Å². The Bertz CT molecular complexity index is 840. The first-order chi connectivity index (χ1) is 11.6. The molecule has 0 aliphatic carbocycles. The SMILES string of the molecule is Cc1ccc(CNC(=O)c2cn[nH]c2NC(=O)c2cscn2)cc1. The Morgan fingerprint density at radius 3 is 2.71 bits per heavy atom. The van der Waals surface area contributed by atoms with Crippen LogP contribution in [0.5, 0.6) is 0 Å². The van der Waals surface area contributed by atoms with E-state index in [0.717, 1.165) is 11.1 Å². The third-order valence-electron chi connectivity index (χ3n) is 3.36. The van der Waals surface area contributed by atoms with Crippen LogP contribution < -0.4 is 10.6 Å². The van der Waals surface area contributed by atoms with Crippen molar-refractivity contribution in [1.82, 2.24) is 20.5 Å². The normalized spacial score (nSPS) is 10.4. The maximum absolute atomic E-state index is 12.3. The number of benzene rings is 1. The van der Waals surface area contributed by atoms with Gasteiger partial charge >= 0.3 is 0 Å². The highest BCUT2D eigenvalue weighted by Gasteiger charge is 2.17. The van der Waals surface area contributed by atoms with E-state index in [1.165, 1.54) is 17.5 Å². The van der Waals surface area contributed by atoms with Gasteiger partial charge in [0.1, 0.15) is 17.1 Å². The molecule has 0 fully saturated rings. The summed E-state index contributed by atoms with van der Waals surface area (Å²) in [6.45, 7) is 2.40. The van der Waals surface area contributed by atoms with Gasteiger partial charge in [-0.25, -0.2) is 4.98 Å². The third kappa shape index (κ3) is 3.66. The zero-order valence-electron chi connectivity index (χ0n) is 12.9. The van der Waals surface area contributed by atoms with E-state index in [2.05, 4.69) is 25.8 Å². The molecule has 2 heterocycles. The van der Waals surface area contributed by atoms with Gasteiger partial charge in [-0.05, 0) is 12.5 Å². The largest absolute Gasteiger partial charge is 0.348 e. The average molecular weight is 341 g/mol. The number of carbonyl (C=O) groups is 2. The molecule has 122 valence electrons. The smallest absolute Gasteiger partial charge is 0.276 e. The van der Waals surface area contributed by atoms with Crippen molar-refractivity contribution in [2.45, 2.75) is 13.5 Å². The molecule has 0 aliphatic heterocycles. The summed E-state index contributed by atoms with van der Waals surface area (Å²) in [6.07, 6.45) is 1.38. The molecule has 0 saturated heterocycles. The van der Waals surface area contributed by atoms with E-state index in [1.807, 2.05) is 31.2 Å². The summed E-state index contributed by atoms with van der Waals surface area (Å²) >= 11 is 1.32. The highest BCUT2D eigenvalue weighted by atomic mass is 32.1. The van der Waals surface area contributed by atoms with Crippen LogP contribution in [0.25, 0.3) is 0 Å². The number of hydrogen-bond acceptors (Lipinski definition) is 5. The molecule has 0 atom stereocenters. The first-order valence-corrected chi connectivity index (χ1v) is 8.14. The molecule has 0 saturated carbocycles. The number of H-pyrrole nitrogens is 1. The Labute approximate surface area is 142 Å². The van der Waals surface area contributed by atoms with E-state index < -0.39 is 5.91 Å². The minimum absolute atomic E-state index is 0.245. The van der Waals surface area contributed by atoms with Gasteiger partial charge in [-0.1, -0.05) is 29.8 Å². The molecule has 3 rings (SSSR count). The minimum atomic E-state index is -0.395. The molecule has 0 bridgehead atoms. The molecule has 24 heavy (non-hydrogen) atoms. The first kappa shape index (κ1) is 15.9. The predicted octanol–water partition coefficient (Wildman–Crippen LogP) is 2.36. The average Bonchev–Trinajstić information content (AvgIpc) is 3.25. The molecule has 0 spiro atoms. The van der Waals surface area contributed by atoms with Crippen molar-refractivity contribution in [2.24, 2.45) is 0 Å². The summed E-state index contributed by atoms with van der Waals surface area (Å²) in [4.78, 5) is 28.2. The second-order valence-electron chi connectivity index (χ2n) is 5.15. The van der Waals surface area contributed by atoms with Crippen LogP contribution >= 0.6 is 11.3 Å². The van der Waals surface area contributed by atoms with Crippen molar-refractivity contribution in [3.8, 4) is 0 Å². The number of aromatic nitrogens is 3. The van der Waals surface area contributed by atoms with Gasteiger partial charge in [-0.15, -0.1) is 11.3 Å². The van der Waals surface area contributed by atoms with E-state index in [4.69, 9.17) is 0 Å². The fraction of sp³-hybridized carbons (Fsp3) is 0.125. The topological polar surface area (TPSA) is 99.8 Å². The van der Waals surface area contributed by atoms with Crippen LogP contribution in [-0.2, 0) is 6.54 Å². The second-order valence-corrected chi connectivity index (χ2v) is 5.87. The summed E-state index contributed by atoms with van der Waals surface area (Å²) in [5.74, 6) is -0.472. The lowest BCUT2D eigenvalue weighted by molar-refractivity contribution is 0.0952. The number of nitrogens with zero attached hydrogens (tertiary/aromatic N) is 2. The Balaban J connectivity index is 1.64. The van der Waals surface area contributed by atoms with Crippen molar-refractivity contribution >= 4 is 29.0 Å². The van der Waals surface area contributed by atoms with E-state index in [-0.39, 0.29) is 17.3 Å². The number of aromatic amines is 1. The Morgan fingerprint density at radius 1 is 1.21 bits per heavy atom. The summed E-state index contributed by atoms with van der Waals surface area (Å²) in [5, 5.41) is 13.5. The number of aryl methyl sites for hydroxylation is 1. The molecule has 0 aliphatic rings. The summed E-state index contributed by atoms with van der Waals surface area (Å²) in [6, 6.07) is 7.88. The summed E-state index contributed by atoms with van der Waals surface area (Å²) in [7, 11) is 0. The molecule has 3 N–H and O–H groups in total. The van der Waals surface area contributed by atoms with Gasteiger partial charge < -0.3 is 10.6 Å². The van der Waals surface area contributed by atoms with Gasteiger partial charge in [-0.3, -0.25) is 14.7 Å². The zero-order valence-corrected chi connectivity index (χ0v) is 13.7. The van der Waals surface area contributed by atoms with Gasteiger partial charge in [0.05, 0.1) is 11.7 Å². The van der Waals surface area contributed by atoms with Crippen LogP contribution in [0.1, 0.15) is 32.0 Å². The quantitative estimate of drug-likeness (QED) is 0.663. The Hall–Kier alpha value is -3.00. The third-order valence-corrected chi connectivity index (χ3v) is 3.95. The van der Waals surface area contributed by atoms with E-state index in [1.54, 1.807) is 10.9 Å². The van der Waals surface area contributed by atoms with Gasteiger partial charge in [-0.2, -0.15) is 5.10 Å². The van der Waals surface area contributed by atoms with Crippen molar-refractivity contribution in [3.63, 3.8) is 0 Å². The number of thiazole rings is 1. The van der Waals surface area contributed by atoms with Crippen LogP contribution in [0.15, 0.2) is 41.4 Å². The van der Waals surface area contributed by atoms with Crippen LogP contribution in [0.3, 0.4) is 0 Å².